The molecule has 2 aromatic carbocycles. The van der Waals surface area contributed by atoms with Gasteiger partial charge in [-0.2, -0.15) is 0 Å². The monoisotopic (exact) mass is 308 g/mol. The second-order valence-electron chi connectivity index (χ2n) is 7.18. The van der Waals surface area contributed by atoms with Gasteiger partial charge >= 0.3 is 0 Å². The van der Waals surface area contributed by atoms with E-state index in [2.05, 4.69) is 62.4 Å². The summed E-state index contributed by atoms with van der Waals surface area (Å²) in [5.41, 5.74) is 5.64. The third kappa shape index (κ3) is 4.05. The SMILES string of the molecule is CCCC1CCC(c2ccc(-c3ccc(CC)cc3)cc2)CC1.[HH]. The van der Waals surface area contributed by atoms with Crippen molar-refractivity contribution in [2.24, 2.45) is 5.92 Å². The lowest BCUT2D eigenvalue weighted by molar-refractivity contribution is 0.308. The van der Waals surface area contributed by atoms with Crippen LogP contribution in [0.15, 0.2) is 48.5 Å². The molecule has 0 unspecified atom stereocenters. The Morgan fingerprint density at radius 3 is 1.87 bits per heavy atom. The molecule has 3 rings (SSSR count). The van der Waals surface area contributed by atoms with Crippen LogP contribution in [0.25, 0.3) is 11.1 Å². The largest absolute Gasteiger partial charge is 0.0654 e. The van der Waals surface area contributed by atoms with E-state index in [9.17, 15) is 0 Å². The molecule has 0 aliphatic heterocycles. The topological polar surface area (TPSA) is 0 Å². The van der Waals surface area contributed by atoms with E-state index in [4.69, 9.17) is 0 Å². The lowest BCUT2D eigenvalue weighted by Crippen LogP contribution is -2.13. The molecular formula is C23H32. The van der Waals surface area contributed by atoms with Gasteiger partial charge in [0.05, 0.1) is 0 Å². The van der Waals surface area contributed by atoms with Gasteiger partial charge in [0.15, 0.2) is 0 Å². The number of benzene rings is 2. The van der Waals surface area contributed by atoms with Gasteiger partial charge in [0.1, 0.15) is 0 Å². The van der Waals surface area contributed by atoms with E-state index in [1.165, 1.54) is 55.2 Å². The first kappa shape index (κ1) is 16.3. The molecule has 1 fully saturated rings. The molecule has 1 saturated carbocycles. The zero-order valence-corrected chi connectivity index (χ0v) is 14.7. The van der Waals surface area contributed by atoms with Crippen molar-refractivity contribution >= 4 is 0 Å². The van der Waals surface area contributed by atoms with Crippen molar-refractivity contribution in [3.8, 4) is 11.1 Å². The van der Waals surface area contributed by atoms with E-state index >= 15 is 0 Å². The molecule has 124 valence electrons. The summed E-state index contributed by atoms with van der Waals surface area (Å²) in [6, 6.07) is 18.4. The molecule has 0 amide bonds. The van der Waals surface area contributed by atoms with Crippen molar-refractivity contribution in [3.63, 3.8) is 0 Å². The molecule has 1 aliphatic carbocycles. The van der Waals surface area contributed by atoms with Crippen LogP contribution >= 0.6 is 0 Å². The fraction of sp³-hybridized carbons (Fsp3) is 0.478. The third-order valence-corrected chi connectivity index (χ3v) is 5.62. The fourth-order valence-corrected chi connectivity index (χ4v) is 4.07. The Hall–Kier alpha value is -1.56. The molecule has 0 radical (unpaired) electrons. The summed E-state index contributed by atoms with van der Waals surface area (Å²) in [5.74, 6) is 1.78. The van der Waals surface area contributed by atoms with Crippen molar-refractivity contribution < 1.29 is 1.43 Å². The van der Waals surface area contributed by atoms with Crippen molar-refractivity contribution in [2.45, 2.75) is 64.7 Å². The van der Waals surface area contributed by atoms with Gasteiger partial charge in [-0.15, -0.1) is 0 Å². The zero-order chi connectivity index (χ0) is 16.1. The van der Waals surface area contributed by atoms with Gasteiger partial charge in [-0.1, -0.05) is 75.2 Å². The summed E-state index contributed by atoms with van der Waals surface area (Å²) in [6.07, 6.45) is 9.52. The number of hydrogen-bond donors (Lipinski definition) is 0. The molecule has 0 heteroatoms. The number of aryl methyl sites for hydroxylation is 1. The van der Waals surface area contributed by atoms with Crippen LogP contribution in [0.3, 0.4) is 0 Å². The standard InChI is InChI=1S/C23H30.H2/c1-3-5-19-8-12-21(13-9-19)23-16-14-22(15-17-23)20-10-6-18(4-2)7-11-20;/h6-7,10-11,14-17,19,21H,3-5,8-9,12-13H2,1-2H3;1H. The molecular weight excluding hydrogens is 276 g/mol. The predicted octanol–water partition coefficient (Wildman–Crippen LogP) is 7.24. The van der Waals surface area contributed by atoms with Gasteiger partial charge in [0.25, 0.3) is 0 Å². The van der Waals surface area contributed by atoms with Crippen LogP contribution in [0.1, 0.15) is 70.8 Å². The van der Waals surface area contributed by atoms with Gasteiger partial charge in [-0.25, -0.2) is 0 Å². The maximum absolute atomic E-state index is 2.37. The highest BCUT2D eigenvalue weighted by molar-refractivity contribution is 5.64. The van der Waals surface area contributed by atoms with Gasteiger partial charge in [-0.3, -0.25) is 0 Å². The van der Waals surface area contributed by atoms with Crippen molar-refractivity contribution in [2.75, 3.05) is 0 Å². The molecule has 23 heavy (non-hydrogen) atoms. The van der Waals surface area contributed by atoms with Crippen molar-refractivity contribution in [1.29, 1.82) is 0 Å². The second kappa shape index (κ2) is 7.81. The Kier molecular flexibility index (Phi) is 5.54. The molecule has 0 saturated heterocycles. The van der Waals surface area contributed by atoms with Crippen LogP contribution in [0.5, 0.6) is 0 Å². The molecule has 0 heterocycles. The van der Waals surface area contributed by atoms with E-state index in [1.54, 1.807) is 5.56 Å². The number of hydrogen-bond acceptors (Lipinski definition) is 0. The van der Waals surface area contributed by atoms with Gasteiger partial charge in [0.2, 0.25) is 0 Å². The van der Waals surface area contributed by atoms with Gasteiger partial charge in [-0.05, 0) is 66.2 Å². The summed E-state index contributed by atoms with van der Waals surface area (Å²) in [5, 5.41) is 0. The molecule has 0 spiro atoms. The maximum Gasteiger partial charge on any atom is 0 e. The fourth-order valence-electron chi connectivity index (χ4n) is 4.07. The van der Waals surface area contributed by atoms with Crippen LogP contribution in [0.4, 0.5) is 0 Å². The smallest absolute Gasteiger partial charge is 0 e. The molecule has 0 nitrogen and oxygen atoms in total. The molecule has 0 aromatic heterocycles. The summed E-state index contributed by atoms with van der Waals surface area (Å²) in [7, 11) is 0. The maximum atomic E-state index is 2.37. The quantitative estimate of drug-likeness (QED) is 0.546. The Morgan fingerprint density at radius 1 is 0.783 bits per heavy atom. The van der Waals surface area contributed by atoms with Crippen LogP contribution in [-0.2, 0) is 6.42 Å². The normalized spacial score (nSPS) is 21.3. The van der Waals surface area contributed by atoms with E-state index in [-0.39, 0.29) is 1.43 Å². The molecule has 1 aliphatic rings. The Morgan fingerprint density at radius 2 is 1.35 bits per heavy atom. The minimum Gasteiger partial charge on any atom is -0.0654 e. The lowest BCUT2D eigenvalue weighted by atomic mass is 9.77. The second-order valence-corrected chi connectivity index (χ2v) is 7.18. The molecule has 0 atom stereocenters. The Labute approximate surface area is 143 Å². The van der Waals surface area contributed by atoms with Crippen LogP contribution in [-0.4, -0.2) is 0 Å². The first-order chi connectivity index (χ1) is 11.3. The Bertz CT molecular complexity index is 589. The molecule has 0 bridgehead atoms. The van der Waals surface area contributed by atoms with Gasteiger partial charge in [0, 0.05) is 1.43 Å². The average Bonchev–Trinajstić information content (AvgIpc) is 2.63. The predicted molar refractivity (Wildman–Crippen MR) is 103 cm³/mol. The summed E-state index contributed by atoms with van der Waals surface area (Å²) in [6.45, 7) is 4.52. The van der Waals surface area contributed by atoms with Gasteiger partial charge < -0.3 is 0 Å². The van der Waals surface area contributed by atoms with Crippen molar-refractivity contribution in [3.05, 3.63) is 59.7 Å². The van der Waals surface area contributed by atoms with Crippen LogP contribution in [0.2, 0.25) is 0 Å². The van der Waals surface area contributed by atoms with Crippen LogP contribution < -0.4 is 0 Å². The lowest BCUT2D eigenvalue weighted by Gasteiger charge is -2.28. The van der Waals surface area contributed by atoms with Crippen LogP contribution in [0, 0.1) is 5.92 Å². The summed E-state index contributed by atoms with van der Waals surface area (Å²) < 4.78 is 0. The van der Waals surface area contributed by atoms with Crippen molar-refractivity contribution in [1.82, 2.24) is 0 Å². The summed E-state index contributed by atoms with van der Waals surface area (Å²) >= 11 is 0. The molecule has 2 aromatic rings. The highest BCUT2D eigenvalue weighted by Crippen LogP contribution is 2.37. The van der Waals surface area contributed by atoms with E-state index in [0.717, 1.165) is 18.3 Å². The van der Waals surface area contributed by atoms with E-state index < -0.39 is 0 Å². The minimum atomic E-state index is 0. The first-order valence-electron chi connectivity index (χ1n) is 9.49. The van der Waals surface area contributed by atoms with E-state index in [0.29, 0.717) is 0 Å². The number of rotatable bonds is 5. The summed E-state index contributed by atoms with van der Waals surface area (Å²) in [4.78, 5) is 0. The van der Waals surface area contributed by atoms with E-state index in [1.807, 2.05) is 0 Å². The highest BCUT2D eigenvalue weighted by Gasteiger charge is 2.21. The average molecular weight is 309 g/mol. The highest BCUT2D eigenvalue weighted by atomic mass is 14.3. The third-order valence-electron chi connectivity index (χ3n) is 5.62. The molecule has 0 N–H and O–H groups in total. The minimum absolute atomic E-state index is 0. The Balaban J connectivity index is 0.00000208. The zero-order valence-electron chi connectivity index (χ0n) is 14.7. The first-order valence-corrected chi connectivity index (χ1v) is 9.49.